The number of methoxy groups -OCH3 is 1. The average Bonchev–Trinajstić information content (AvgIpc) is 2.22. The largest absolute Gasteiger partial charge is 0.497 e. The van der Waals surface area contributed by atoms with E-state index in [0.717, 1.165) is 6.07 Å². The molecule has 1 saturated heterocycles. The van der Waals surface area contributed by atoms with E-state index in [4.69, 9.17) is 4.74 Å². The van der Waals surface area contributed by atoms with Crippen LogP contribution in [0.5, 0.6) is 5.75 Å². The van der Waals surface area contributed by atoms with Gasteiger partial charge in [0.25, 0.3) is 0 Å². The lowest BCUT2D eigenvalue weighted by Crippen LogP contribution is -2.51. The third kappa shape index (κ3) is 2.63. The van der Waals surface area contributed by atoms with Gasteiger partial charge in [0.15, 0.2) is 0 Å². The molecular weight excluding hydrogens is 233 g/mol. The molecule has 0 radical (unpaired) electrons. The van der Waals surface area contributed by atoms with Crippen LogP contribution in [0.1, 0.15) is 5.56 Å². The zero-order chi connectivity index (χ0) is 12.5. The minimum Gasteiger partial charge on any atom is -0.497 e. The molecule has 17 heavy (non-hydrogen) atoms. The van der Waals surface area contributed by atoms with Crippen LogP contribution in [0.25, 0.3) is 0 Å². The highest BCUT2D eigenvalue weighted by molar-refractivity contribution is 5.56. The molecule has 1 fully saturated rings. The number of hydrogen-bond donors (Lipinski definition) is 2. The zero-order valence-corrected chi connectivity index (χ0v) is 9.27. The first-order valence-corrected chi connectivity index (χ1v) is 5.23. The molecule has 1 heterocycles. The van der Waals surface area contributed by atoms with Crippen molar-refractivity contribution < 1.29 is 17.9 Å². The first-order chi connectivity index (χ1) is 8.00. The van der Waals surface area contributed by atoms with Gasteiger partial charge in [-0.2, -0.15) is 13.2 Å². The molecule has 0 amide bonds. The molecule has 0 bridgehead atoms. The summed E-state index contributed by atoms with van der Waals surface area (Å²) in [6.45, 7) is 1.37. The average molecular weight is 246 g/mol. The van der Waals surface area contributed by atoms with Gasteiger partial charge in [0.1, 0.15) is 5.75 Å². The molecule has 2 rings (SSSR count). The highest BCUT2D eigenvalue weighted by atomic mass is 19.4. The number of rotatable bonds is 3. The van der Waals surface area contributed by atoms with Crippen molar-refractivity contribution in [1.29, 1.82) is 0 Å². The van der Waals surface area contributed by atoms with Crippen molar-refractivity contribution in [3.8, 4) is 5.75 Å². The lowest BCUT2D eigenvalue weighted by molar-refractivity contribution is -0.137. The Labute approximate surface area is 97.0 Å². The predicted octanol–water partition coefficient (Wildman–Crippen LogP) is 2.10. The van der Waals surface area contributed by atoms with Gasteiger partial charge in [-0.25, -0.2) is 0 Å². The molecule has 2 N–H and O–H groups in total. The van der Waals surface area contributed by atoms with Crippen LogP contribution < -0.4 is 15.4 Å². The molecule has 0 saturated carbocycles. The summed E-state index contributed by atoms with van der Waals surface area (Å²) in [5.74, 6) is 0.203. The second kappa shape index (κ2) is 4.44. The van der Waals surface area contributed by atoms with E-state index in [1.165, 1.54) is 19.2 Å². The minimum atomic E-state index is -4.38. The lowest BCUT2D eigenvalue weighted by atomic mass is 10.1. The van der Waals surface area contributed by atoms with E-state index in [9.17, 15) is 13.2 Å². The van der Waals surface area contributed by atoms with Crippen LogP contribution in [0.2, 0.25) is 0 Å². The van der Waals surface area contributed by atoms with Crippen LogP contribution in [-0.4, -0.2) is 26.2 Å². The Bertz CT molecular complexity index is 402. The number of halogens is 3. The molecule has 3 nitrogen and oxygen atoms in total. The van der Waals surface area contributed by atoms with Gasteiger partial charge in [-0.15, -0.1) is 0 Å². The topological polar surface area (TPSA) is 33.3 Å². The summed E-state index contributed by atoms with van der Waals surface area (Å²) in [6, 6.07) is 3.99. The Kier molecular flexibility index (Phi) is 3.15. The number of anilines is 1. The number of benzene rings is 1. The van der Waals surface area contributed by atoms with Gasteiger partial charge in [-0.1, -0.05) is 0 Å². The molecule has 0 atom stereocenters. The molecule has 0 unspecified atom stereocenters. The summed E-state index contributed by atoms with van der Waals surface area (Å²) in [5.41, 5.74) is -0.589. The summed E-state index contributed by atoms with van der Waals surface area (Å²) in [5, 5.41) is 5.86. The van der Waals surface area contributed by atoms with E-state index in [0.29, 0.717) is 13.1 Å². The smallest absolute Gasteiger partial charge is 0.418 e. The Morgan fingerprint density at radius 3 is 2.53 bits per heavy atom. The summed E-state index contributed by atoms with van der Waals surface area (Å²) >= 11 is 0. The third-order valence-corrected chi connectivity index (χ3v) is 2.67. The minimum absolute atomic E-state index is 0.0597. The maximum absolute atomic E-state index is 12.8. The first-order valence-electron chi connectivity index (χ1n) is 5.23. The monoisotopic (exact) mass is 246 g/mol. The lowest BCUT2D eigenvalue weighted by Gasteiger charge is -2.30. The molecule has 1 aliphatic rings. The molecule has 0 spiro atoms. The van der Waals surface area contributed by atoms with Crippen LogP contribution in [-0.2, 0) is 6.18 Å². The van der Waals surface area contributed by atoms with Crippen molar-refractivity contribution in [3.63, 3.8) is 0 Å². The van der Waals surface area contributed by atoms with Crippen molar-refractivity contribution in [3.05, 3.63) is 23.8 Å². The van der Waals surface area contributed by atoms with Crippen LogP contribution in [0, 0.1) is 0 Å². The summed E-state index contributed by atoms with van der Waals surface area (Å²) in [7, 11) is 1.35. The highest BCUT2D eigenvalue weighted by Gasteiger charge is 2.34. The summed E-state index contributed by atoms with van der Waals surface area (Å²) in [4.78, 5) is 0. The van der Waals surface area contributed by atoms with Gasteiger partial charge in [-0.05, 0) is 18.2 Å². The Balaban J connectivity index is 2.28. The maximum atomic E-state index is 12.8. The molecular formula is C11H13F3N2O. The number of hydrogen-bond acceptors (Lipinski definition) is 3. The molecule has 6 heteroatoms. The quantitative estimate of drug-likeness (QED) is 0.856. The van der Waals surface area contributed by atoms with Crippen LogP contribution in [0.15, 0.2) is 18.2 Å². The van der Waals surface area contributed by atoms with Crippen LogP contribution in [0.3, 0.4) is 0 Å². The summed E-state index contributed by atoms with van der Waals surface area (Å²) < 4.78 is 43.3. The molecule has 1 aromatic carbocycles. The molecule has 1 aliphatic heterocycles. The van der Waals surface area contributed by atoms with E-state index in [1.54, 1.807) is 0 Å². The van der Waals surface area contributed by atoms with Gasteiger partial charge in [0, 0.05) is 18.8 Å². The van der Waals surface area contributed by atoms with Crippen molar-refractivity contribution in [2.24, 2.45) is 0 Å². The fourth-order valence-corrected chi connectivity index (χ4v) is 1.62. The summed E-state index contributed by atoms with van der Waals surface area (Å²) in [6.07, 6.45) is -4.38. The van der Waals surface area contributed by atoms with Crippen LogP contribution in [0.4, 0.5) is 18.9 Å². The normalized spacial score (nSPS) is 16.5. The van der Waals surface area contributed by atoms with Gasteiger partial charge in [0.2, 0.25) is 0 Å². The van der Waals surface area contributed by atoms with E-state index in [2.05, 4.69) is 10.6 Å². The number of ether oxygens (including phenoxy) is 1. The maximum Gasteiger partial charge on any atom is 0.418 e. The van der Waals surface area contributed by atoms with Crippen molar-refractivity contribution in [2.75, 3.05) is 25.5 Å². The van der Waals surface area contributed by atoms with Gasteiger partial charge in [0.05, 0.1) is 18.7 Å². The Hall–Kier alpha value is -1.43. The van der Waals surface area contributed by atoms with E-state index >= 15 is 0 Å². The molecule has 1 aromatic rings. The van der Waals surface area contributed by atoms with Gasteiger partial charge < -0.3 is 15.4 Å². The molecule has 94 valence electrons. The second-order valence-electron chi connectivity index (χ2n) is 3.91. The van der Waals surface area contributed by atoms with Crippen molar-refractivity contribution >= 4 is 5.69 Å². The first kappa shape index (κ1) is 12.0. The second-order valence-corrected chi connectivity index (χ2v) is 3.91. The fraction of sp³-hybridized carbons (Fsp3) is 0.455. The predicted molar refractivity (Wildman–Crippen MR) is 58.3 cm³/mol. The third-order valence-electron chi connectivity index (χ3n) is 2.67. The SMILES string of the molecule is COc1ccc(NC2CNC2)c(C(F)(F)F)c1. The van der Waals surface area contributed by atoms with E-state index in [1.807, 2.05) is 0 Å². The van der Waals surface area contributed by atoms with Crippen molar-refractivity contribution in [1.82, 2.24) is 5.32 Å². The van der Waals surface area contributed by atoms with E-state index in [-0.39, 0.29) is 17.5 Å². The zero-order valence-electron chi connectivity index (χ0n) is 9.27. The molecule has 0 aliphatic carbocycles. The molecule has 0 aromatic heterocycles. The van der Waals surface area contributed by atoms with Crippen LogP contribution >= 0.6 is 0 Å². The fourth-order valence-electron chi connectivity index (χ4n) is 1.62. The number of alkyl halides is 3. The van der Waals surface area contributed by atoms with Gasteiger partial charge >= 0.3 is 6.18 Å². The standard InChI is InChI=1S/C11H13F3N2O/c1-17-8-2-3-10(16-7-5-15-6-7)9(4-8)11(12,13)14/h2-4,7,15-16H,5-6H2,1H3. The van der Waals surface area contributed by atoms with Crippen molar-refractivity contribution in [2.45, 2.75) is 12.2 Å². The highest BCUT2D eigenvalue weighted by Crippen LogP contribution is 2.37. The van der Waals surface area contributed by atoms with Gasteiger partial charge in [-0.3, -0.25) is 0 Å². The number of nitrogens with one attached hydrogen (secondary N) is 2. The Morgan fingerprint density at radius 1 is 1.35 bits per heavy atom. The Morgan fingerprint density at radius 2 is 2.06 bits per heavy atom. The van der Waals surface area contributed by atoms with E-state index < -0.39 is 11.7 Å².